The van der Waals surface area contributed by atoms with Crippen LogP contribution in [0, 0.1) is 0 Å². The van der Waals surface area contributed by atoms with Gasteiger partial charge in [0.05, 0.1) is 38.8 Å². The summed E-state index contributed by atoms with van der Waals surface area (Å²) in [5.41, 5.74) is 3.26. The Labute approximate surface area is 274 Å². The summed E-state index contributed by atoms with van der Waals surface area (Å²) in [6.07, 6.45) is 0.0389. The molecule has 0 saturated carbocycles. The van der Waals surface area contributed by atoms with Crippen LogP contribution in [0.1, 0.15) is 41.2 Å². The summed E-state index contributed by atoms with van der Waals surface area (Å²) in [5.74, 6) is -0.660. The second-order valence-electron chi connectivity index (χ2n) is 11.2. The van der Waals surface area contributed by atoms with Gasteiger partial charge in [-0.05, 0) is 48.7 Å². The number of carboxylic acids is 1. The highest BCUT2D eigenvalue weighted by molar-refractivity contribution is 6.17. The Balaban J connectivity index is 1.52. The molecule has 244 valence electrons. The van der Waals surface area contributed by atoms with Gasteiger partial charge < -0.3 is 29.7 Å². The lowest BCUT2D eigenvalue weighted by Gasteiger charge is -2.25. The van der Waals surface area contributed by atoms with Crippen molar-refractivity contribution >= 4 is 23.3 Å². The van der Waals surface area contributed by atoms with Crippen molar-refractivity contribution < 1.29 is 34.0 Å². The second kappa shape index (κ2) is 15.4. The molecular weight excluding hydrogens is 598 g/mol. The minimum Gasteiger partial charge on any atom is -0.493 e. The first-order valence-electron chi connectivity index (χ1n) is 15.4. The molecule has 0 unspecified atom stereocenters. The number of nitrogens with one attached hydrogen (secondary N) is 1. The molecule has 1 amide bonds. The molecule has 47 heavy (non-hydrogen) atoms. The molecule has 1 aliphatic heterocycles. The zero-order chi connectivity index (χ0) is 33.3. The molecule has 0 aromatic heterocycles. The van der Waals surface area contributed by atoms with Crippen LogP contribution >= 0.6 is 0 Å². The Bertz CT molecular complexity index is 1690. The average molecular weight is 638 g/mol. The summed E-state index contributed by atoms with van der Waals surface area (Å²) >= 11 is 0. The molecule has 0 bridgehead atoms. The Morgan fingerprint density at radius 1 is 0.894 bits per heavy atom. The van der Waals surface area contributed by atoms with Crippen LogP contribution in [0.3, 0.4) is 0 Å². The normalized spacial score (nSPS) is 16.3. The molecule has 3 N–H and O–H groups in total. The maximum absolute atomic E-state index is 13.8. The second-order valence-corrected chi connectivity index (χ2v) is 11.2. The molecule has 1 aliphatic rings. The molecule has 1 heterocycles. The molecule has 1 saturated heterocycles. The monoisotopic (exact) mass is 637 g/mol. The number of hydrogen-bond acceptors (Lipinski definition) is 8. The number of rotatable bonds is 13. The van der Waals surface area contributed by atoms with E-state index in [9.17, 15) is 19.8 Å². The molecule has 5 rings (SSSR count). The van der Waals surface area contributed by atoms with Gasteiger partial charge in [0.2, 0.25) is 11.7 Å². The number of aliphatic hydroxyl groups is 1. The van der Waals surface area contributed by atoms with Crippen molar-refractivity contribution in [2.45, 2.75) is 37.6 Å². The highest BCUT2D eigenvalue weighted by Crippen LogP contribution is 2.40. The van der Waals surface area contributed by atoms with Gasteiger partial charge in [-0.15, -0.1) is 0 Å². The molecule has 0 aliphatic carbocycles. The van der Waals surface area contributed by atoms with Crippen molar-refractivity contribution in [2.75, 3.05) is 33.2 Å². The number of ether oxygens (including phenoxy) is 3. The molecule has 3 atom stereocenters. The lowest BCUT2D eigenvalue weighted by molar-refractivity contribution is -0.141. The third-order valence-corrected chi connectivity index (χ3v) is 8.23. The first-order chi connectivity index (χ1) is 22.8. The highest BCUT2D eigenvalue weighted by atomic mass is 16.5. The Morgan fingerprint density at radius 3 is 2.13 bits per heavy atom. The number of aliphatic imine (C=N–C) groups is 1. The number of methoxy groups -OCH3 is 3. The first kappa shape index (κ1) is 33.2. The summed E-state index contributed by atoms with van der Waals surface area (Å²) in [4.78, 5) is 33.3. The third kappa shape index (κ3) is 7.62. The number of nitrogens with zero attached hydrogens (tertiary/aromatic N) is 2. The van der Waals surface area contributed by atoms with Gasteiger partial charge in [-0.25, -0.2) is 4.79 Å². The van der Waals surface area contributed by atoms with E-state index in [2.05, 4.69) is 27.3 Å². The van der Waals surface area contributed by atoms with E-state index in [0.717, 1.165) is 24.9 Å². The number of amides is 1. The number of anilines is 1. The van der Waals surface area contributed by atoms with Crippen molar-refractivity contribution in [3.8, 4) is 17.2 Å². The predicted molar refractivity (Wildman–Crippen MR) is 180 cm³/mol. The topological polar surface area (TPSA) is 130 Å². The fourth-order valence-corrected chi connectivity index (χ4v) is 5.89. The van der Waals surface area contributed by atoms with Gasteiger partial charge in [0.25, 0.3) is 0 Å². The van der Waals surface area contributed by atoms with Crippen LogP contribution < -0.4 is 19.5 Å². The maximum Gasteiger partial charge on any atom is 0.331 e. The van der Waals surface area contributed by atoms with Gasteiger partial charge in [-0.3, -0.25) is 14.7 Å². The molecule has 0 spiro atoms. The van der Waals surface area contributed by atoms with E-state index in [1.807, 2.05) is 36.4 Å². The molecular formula is C37H39N3O7. The fraction of sp³-hybridized carbons (Fsp3) is 0.270. The summed E-state index contributed by atoms with van der Waals surface area (Å²) < 4.78 is 16.2. The maximum atomic E-state index is 13.8. The van der Waals surface area contributed by atoms with Gasteiger partial charge >= 0.3 is 5.97 Å². The number of likely N-dealkylation sites (tertiary alicyclic amines) is 1. The van der Waals surface area contributed by atoms with Crippen molar-refractivity contribution in [3.63, 3.8) is 0 Å². The lowest BCUT2D eigenvalue weighted by Crippen LogP contribution is -2.39. The Kier molecular flexibility index (Phi) is 10.9. The molecule has 4 aromatic carbocycles. The van der Waals surface area contributed by atoms with E-state index in [4.69, 9.17) is 14.2 Å². The first-order valence-corrected chi connectivity index (χ1v) is 15.4. The van der Waals surface area contributed by atoms with Gasteiger partial charge in [-0.2, -0.15) is 0 Å². The zero-order valence-corrected chi connectivity index (χ0v) is 26.6. The van der Waals surface area contributed by atoms with Crippen LogP contribution in [-0.2, 0) is 16.1 Å². The Morgan fingerprint density at radius 2 is 1.51 bits per heavy atom. The smallest absolute Gasteiger partial charge is 0.331 e. The number of benzene rings is 4. The summed E-state index contributed by atoms with van der Waals surface area (Å²) in [6, 6.07) is 27.3. The molecule has 4 aromatic rings. The molecule has 1 fully saturated rings. The number of carboxylic acid groups (broad SMARTS) is 1. The SMILES string of the molecule is COc1cc([C@H](O)[C@@H](N=C(c2ccccc2)c2ccccc2NC(=O)[C@@H]2CCCN2Cc2ccccc2)C(=O)O)cc(OC)c1OC. The largest absolute Gasteiger partial charge is 0.493 e. The van der Waals surface area contributed by atoms with Gasteiger partial charge in [0.15, 0.2) is 17.5 Å². The van der Waals surface area contributed by atoms with Crippen LogP contribution in [0.25, 0.3) is 0 Å². The van der Waals surface area contributed by atoms with Crippen molar-refractivity contribution in [1.29, 1.82) is 0 Å². The lowest BCUT2D eigenvalue weighted by atomic mass is 9.97. The Hall–Kier alpha value is -5.19. The van der Waals surface area contributed by atoms with Crippen molar-refractivity contribution in [3.05, 3.63) is 119 Å². The quantitative estimate of drug-likeness (QED) is 0.168. The van der Waals surface area contributed by atoms with Crippen molar-refractivity contribution in [1.82, 2.24) is 4.90 Å². The van der Waals surface area contributed by atoms with Gasteiger partial charge in [0.1, 0.15) is 6.10 Å². The van der Waals surface area contributed by atoms with Crippen LogP contribution in [0.15, 0.2) is 102 Å². The highest BCUT2D eigenvalue weighted by Gasteiger charge is 2.33. The number of carbonyl (C=O) groups excluding carboxylic acids is 1. The van der Waals surface area contributed by atoms with E-state index in [1.165, 1.54) is 33.5 Å². The standard InChI is InChI=1S/C37H39N3O7/c1-45-30-21-26(22-31(46-2)35(30)47-3)34(41)33(37(43)44)39-32(25-15-8-5-9-16-25)27-17-10-11-18-28(27)38-36(42)29-19-12-20-40(29)23-24-13-6-4-7-14-24/h4-11,13-18,21-22,29,33-34,41H,12,19-20,23H2,1-3H3,(H,38,42)(H,43,44)/t29-,33+,34-/m0/s1. The number of carbonyl (C=O) groups is 2. The van der Waals surface area contributed by atoms with E-state index in [1.54, 1.807) is 36.4 Å². The number of aliphatic carboxylic acids is 1. The average Bonchev–Trinajstić information content (AvgIpc) is 3.57. The van der Waals surface area contributed by atoms with Crippen LogP contribution in [0.2, 0.25) is 0 Å². The van der Waals surface area contributed by atoms with Crippen molar-refractivity contribution in [2.24, 2.45) is 4.99 Å². The van der Waals surface area contributed by atoms with E-state index < -0.39 is 18.1 Å². The van der Waals surface area contributed by atoms with E-state index >= 15 is 0 Å². The van der Waals surface area contributed by atoms with Crippen LogP contribution in [0.4, 0.5) is 5.69 Å². The van der Waals surface area contributed by atoms with Gasteiger partial charge in [0, 0.05) is 17.7 Å². The van der Waals surface area contributed by atoms with Gasteiger partial charge in [-0.1, -0.05) is 78.9 Å². The minimum atomic E-state index is -1.63. The molecule has 10 heteroatoms. The molecule has 10 nitrogen and oxygen atoms in total. The number of hydrogen-bond donors (Lipinski definition) is 3. The fourth-order valence-electron chi connectivity index (χ4n) is 5.89. The van der Waals surface area contributed by atoms with E-state index in [-0.39, 0.29) is 29.0 Å². The van der Waals surface area contributed by atoms with Crippen LogP contribution in [0.5, 0.6) is 17.2 Å². The van der Waals surface area contributed by atoms with Crippen LogP contribution in [-0.4, -0.2) is 72.7 Å². The summed E-state index contributed by atoms with van der Waals surface area (Å²) in [7, 11) is 4.33. The summed E-state index contributed by atoms with van der Waals surface area (Å²) in [5, 5.41) is 25.0. The molecule has 0 radical (unpaired) electrons. The predicted octanol–water partition coefficient (Wildman–Crippen LogP) is 5.34. The summed E-state index contributed by atoms with van der Waals surface area (Å²) in [6.45, 7) is 1.47. The minimum absolute atomic E-state index is 0.148. The third-order valence-electron chi connectivity index (χ3n) is 8.23. The number of aliphatic hydroxyl groups excluding tert-OH is 1. The zero-order valence-electron chi connectivity index (χ0n) is 26.6. The van der Waals surface area contributed by atoms with E-state index in [0.29, 0.717) is 34.8 Å². The number of para-hydroxylation sites is 1.